The molecule has 1 aromatic carbocycles. The van der Waals surface area contributed by atoms with Crippen molar-refractivity contribution in [3.8, 4) is 11.8 Å². The van der Waals surface area contributed by atoms with E-state index in [9.17, 15) is 39.0 Å². The predicted molar refractivity (Wildman–Crippen MR) is 234 cm³/mol. The second-order valence-electron chi connectivity index (χ2n) is 19.0. The average Bonchev–Trinajstić information content (AvgIpc) is 4.06. The van der Waals surface area contributed by atoms with Gasteiger partial charge in [-0.15, -0.1) is 0 Å². The number of ether oxygens (including phenoxy) is 5. The Morgan fingerprint density at radius 3 is 2.31 bits per heavy atom. The summed E-state index contributed by atoms with van der Waals surface area (Å²) >= 11 is 0. The summed E-state index contributed by atoms with van der Waals surface area (Å²) < 4.78 is 33.0. The molecule has 4 aliphatic rings. The van der Waals surface area contributed by atoms with Gasteiger partial charge in [-0.3, -0.25) is 24.1 Å². The minimum atomic E-state index is -1.51. The molecule has 13 atom stereocenters. The van der Waals surface area contributed by atoms with E-state index in [2.05, 4.69) is 11.8 Å². The van der Waals surface area contributed by atoms with Crippen LogP contribution < -0.4 is 5.43 Å². The Labute approximate surface area is 374 Å². The number of carboxylic acid groups (broad SMARTS) is 1. The molecule has 1 saturated carbocycles. The largest absolute Gasteiger partial charge is 0.477 e. The van der Waals surface area contributed by atoms with E-state index in [0.29, 0.717) is 17.5 Å². The molecule has 6 rings (SSSR count). The van der Waals surface area contributed by atoms with Crippen LogP contribution in [0.4, 0.5) is 4.79 Å². The monoisotopic (exact) mass is 891 g/mol. The van der Waals surface area contributed by atoms with Crippen LogP contribution in [0.15, 0.2) is 29.2 Å². The van der Waals surface area contributed by atoms with Crippen molar-refractivity contribution in [2.45, 2.75) is 154 Å². The SMILES string of the molecule is CC[C@H]1OC(=O)[C@H](C)C(=O)[C@H](C)[C@@H](O[C@@H]2O[C@H](C)C[C@H](N(C)C)[C@H]2O)[C@](C)(OC)C[C@@H](C)C(=O)[C@H](C)[C@H]2N(CCC#Cc3ccc4c(=O)c(C(=O)O)cn(C5CC5)c4c3)C(=O)O[C@]12C. The first-order valence-electron chi connectivity index (χ1n) is 22.5. The summed E-state index contributed by atoms with van der Waals surface area (Å²) in [6.45, 7) is 13.7. The zero-order valence-electron chi connectivity index (χ0n) is 38.9. The van der Waals surface area contributed by atoms with Gasteiger partial charge in [0, 0.05) is 67.1 Å². The first-order valence-corrected chi connectivity index (χ1v) is 22.5. The molecule has 1 aliphatic carbocycles. The topological polar surface area (TPSA) is 200 Å². The molecule has 64 heavy (non-hydrogen) atoms. The summed E-state index contributed by atoms with van der Waals surface area (Å²) in [5.74, 6) is -0.444. The molecule has 16 nitrogen and oxygen atoms in total. The van der Waals surface area contributed by atoms with E-state index >= 15 is 0 Å². The molecule has 0 bridgehead atoms. The van der Waals surface area contributed by atoms with E-state index in [1.165, 1.54) is 25.1 Å². The average molecular weight is 892 g/mol. The first-order chi connectivity index (χ1) is 30.1. The number of nitrogens with zero attached hydrogens (tertiary/aromatic N) is 3. The third-order valence-electron chi connectivity index (χ3n) is 14.1. The molecule has 4 heterocycles. The van der Waals surface area contributed by atoms with Gasteiger partial charge < -0.3 is 43.4 Å². The lowest BCUT2D eigenvalue weighted by molar-refractivity contribution is -0.295. The quantitative estimate of drug-likeness (QED) is 0.194. The number of aromatic carboxylic acids is 1. The number of benzene rings is 1. The number of rotatable bonds is 9. The van der Waals surface area contributed by atoms with Crippen LogP contribution >= 0.6 is 0 Å². The molecule has 4 fully saturated rings. The van der Waals surface area contributed by atoms with E-state index in [0.717, 1.165) is 12.8 Å². The van der Waals surface area contributed by atoms with Crippen molar-refractivity contribution in [3.63, 3.8) is 0 Å². The Bertz CT molecular complexity index is 2260. The molecule has 350 valence electrons. The van der Waals surface area contributed by atoms with E-state index in [4.69, 9.17) is 23.7 Å². The van der Waals surface area contributed by atoms with Gasteiger partial charge in [-0.2, -0.15) is 0 Å². The van der Waals surface area contributed by atoms with Crippen LogP contribution in [0, 0.1) is 35.5 Å². The third kappa shape index (κ3) is 9.37. The second kappa shape index (κ2) is 19.1. The van der Waals surface area contributed by atoms with Gasteiger partial charge in [0.2, 0.25) is 5.43 Å². The fraction of sp³-hybridized carbons (Fsp3) is 0.667. The number of aliphatic hydroxyl groups is 1. The second-order valence-corrected chi connectivity index (χ2v) is 19.0. The Morgan fingerprint density at radius 2 is 1.70 bits per heavy atom. The maximum Gasteiger partial charge on any atom is 0.410 e. The third-order valence-corrected chi connectivity index (χ3v) is 14.1. The van der Waals surface area contributed by atoms with Crippen molar-refractivity contribution in [2.24, 2.45) is 23.7 Å². The number of carbonyl (C=O) groups excluding carboxylic acids is 4. The highest BCUT2D eigenvalue weighted by molar-refractivity contribution is 6.00. The molecule has 2 aromatic rings. The smallest absolute Gasteiger partial charge is 0.410 e. The molecule has 0 unspecified atom stereocenters. The number of hydrogen-bond donors (Lipinski definition) is 2. The Morgan fingerprint density at radius 1 is 1.02 bits per heavy atom. The van der Waals surface area contributed by atoms with Gasteiger partial charge in [-0.05, 0) is 92.1 Å². The van der Waals surface area contributed by atoms with Crippen molar-refractivity contribution in [2.75, 3.05) is 27.7 Å². The highest BCUT2D eigenvalue weighted by atomic mass is 16.7. The summed E-state index contributed by atoms with van der Waals surface area (Å²) in [4.78, 5) is 85.3. The number of esters is 1. The van der Waals surface area contributed by atoms with E-state index in [1.54, 1.807) is 59.7 Å². The standard InChI is InChI=1S/C48H65N3O13/c1-12-36-48(8)41(50(46(59)64-48)20-14-13-15-30-16-19-32-34(22-30)51(31-17-18-31)24-33(39(32)54)43(56)57)27(4)37(52)25(2)23-47(7,60-11)42(28(5)38(53)29(6)44(58)62-36)63-45-40(55)35(49(9)10)21-26(3)61-45/h16,19,22,24-29,31,35-36,40-42,45,55H,12,14,17-18,20-21,23H2,1-11H3,(H,56,57)/t25-,26-,27+,28+,29-,35+,36-,40-,41-,42-,45+,47-,48-/m1/s1. The molecule has 1 amide bonds. The van der Waals surface area contributed by atoms with Gasteiger partial charge in [0.15, 0.2) is 17.7 Å². The molecule has 3 saturated heterocycles. The zero-order valence-corrected chi connectivity index (χ0v) is 38.9. The number of ketones is 2. The number of aliphatic hydroxyl groups excluding tert-OH is 1. The van der Waals surface area contributed by atoms with Crippen LogP contribution in [0.1, 0.15) is 116 Å². The number of carbonyl (C=O) groups is 5. The van der Waals surface area contributed by atoms with Crippen LogP contribution in [-0.4, -0.2) is 136 Å². The van der Waals surface area contributed by atoms with Crippen molar-refractivity contribution < 1.29 is 57.9 Å². The number of methoxy groups -OCH3 is 1. The summed E-state index contributed by atoms with van der Waals surface area (Å²) in [7, 11) is 5.17. The highest BCUT2D eigenvalue weighted by Crippen LogP contribution is 2.43. The van der Waals surface area contributed by atoms with Crippen LogP contribution in [0.5, 0.6) is 0 Å². The van der Waals surface area contributed by atoms with Crippen LogP contribution in [-0.2, 0) is 38.1 Å². The van der Waals surface area contributed by atoms with E-state index in [1.807, 2.05) is 30.5 Å². The highest BCUT2D eigenvalue weighted by Gasteiger charge is 2.60. The fourth-order valence-electron chi connectivity index (χ4n) is 10.3. The Hall–Kier alpha value is -4.66. The molecule has 0 spiro atoms. The molecular weight excluding hydrogens is 827 g/mol. The van der Waals surface area contributed by atoms with Crippen molar-refractivity contribution in [1.29, 1.82) is 0 Å². The van der Waals surface area contributed by atoms with Crippen LogP contribution in [0.2, 0.25) is 0 Å². The molecular formula is C48H65N3O13. The summed E-state index contributed by atoms with van der Waals surface area (Å²) in [6, 6.07) is 3.86. The molecule has 3 aliphatic heterocycles. The minimum Gasteiger partial charge on any atom is -0.477 e. The van der Waals surface area contributed by atoms with Gasteiger partial charge >= 0.3 is 18.0 Å². The first kappa shape index (κ1) is 48.8. The number of cyclic esters (lactones) is 1. The number of carboxylic acids is 1. The number of fused-ring (bicyclic) bond motifs is 2. The van der Waals surface area contributed by atoms with Gasteiger partial charge in [0.05, 0.1) is 29.4 Å². The number of amides is 1. The summed E-state index contributed by atoms with van der Waals surface area (Å²) in [5, 5.41) is 21.4. The number of Topliss-reactive ketones (excluding diaryl/α,β-unsaturated/α-hetero) is 2. The van der Waals surface area contributed by atoms with E-state index in [-0.39, 0.29) is 60.7 Å². The maximum absolute atomic E-state index is 14.8. The number of aromatic nitrogens is 1. The Kier molecular flexibility index (Phi) is 14.5. The zero-order chi connectivity index (χ0) is 47.2. The summed E-state index contributed by atoms with van der Waals surface area (Å²) in [5.41, 5.74) is -2.51. The lowest BCUT2D eigenvalue weighted by Crippen LogP contribution is -2.60. The molecule has 0 radical (unpaired) electrons. The lowest BCUT2D eigenvalue weighted by Gasteiger charge is -2.47. The van der Waals surface area contributed by atoms with E-state index < -0.39 is 94.8 Å². The number of pyridine rings is 1. The van der Waals surface area contributed by atoms with Gasteiger partial charge in [-0.25, -0.2) is 9.59 Å². The maximum atomic E-state index is 14.8. The van der Waals surface area contributed by atoms with Crippen molar-refractivity contribution >= 4 is 40.5 Å². The normalized spacial score (nSPS) is 35.3. The molecule has 2 N–H and O–H groups in total. The lowest BCUT2D eigenvalue weighted by atomic mass is 9.73. The fourth-order valence-corrected chi connectivity index (χ4v) is 10.3. The van der Waals surface area contributed by atoms with Gasteiger partial charge in [0.25, 0.3) is 0 Å². The Balaban J connectivity index is 1.32. The number of likely N-dealkylation sites (N-methyl/N-ethyl adjacent to an activating group) is 1. The minimum absolute atomic E-state index is 0.0546. The molecule has 1 aromatic heterocycles. The summed E-state index contributed by atoms with van der Waals surface area (Å²) in [6.07, 6.45) is -1.27. The van der Waals surface area contributed by atoms with Crippen molar-refractivity contribution in [3.05, 3.63) is 45.7 Å². The number of hydrogen-bond acceptors (Lipinski definition) is 13. The van der Waals surface area contributed by atoms with Crippen LogP contribution in [0.25, 0.3) is 10.9 Å². The molecule has 16 heteroatoms. The van der Waals surface area contributed by atoms with Crippen molar-refractivity contribution in [1.82, 2.24) is 14.4 Å². The van der Waals surface area contributed by atoms with Gasteiger partial charge in [-0.1, -0.05) is 39.5 Å². The van der Waals surface area contributed by atoms with Crippen LogP contribution in [0.3, 0.4) is 0 Å². The predicted octanol–water partition coefficient (Wildman–Crippen LogP) is 4.98. The van der Waals surface area contributed by atoms with Gasteiger partial charge in [0.1, 0.15) is 29.5 Å².